The van der Waals surface area contributed by atoms with Gasteiger partial charge in [-0.1, -0.05) is 6.92 Å². The van der Waals surface area contributed by atoms with Crippen molar-refractivity contribution in [3.8, 4) is 0 Å². The second-order valence-corrected chi connectivity index (χ2v) is 4.82. The minimum Gasteiger partial charge on any atom is -0.480 e. The standard InChI is InChI=1S/C11H20N2O5/c1-11(2-4-18-5-3-11)7-12-10(17)13-8(6-14)9(15)16/h8,14H,2-7H2,1H3,(H,15,16)(H2,12,13,17). The molecule has 1 fully saturated rings. The first kappa shape index (κ1) is 14.7. The largest absolute Gasteiger partial charge is 0.480 e. The quantitative estimate of drug-likeness (QED) is 0.535. The summed E-state index contributed by atoms with van der Waals surface area (Å²) in [4.78, 5) is 22.1. The van der Waals surface area contributed by atoms with Crippen molar-refractivity contribution in [3.05, 3.63) is 0 Å². The zero-order valence-electron chi connectivity index (χ0n) is 10.4. The molecule has 0 bridgehead atoms. The Kier molecular flexibility index (Phi) is 5.36. The summed E-state index contributed by atoms with van der Waals surface area (Å²) in [7, 11) is 0. The van der Waals surface area contributed by atoms with Gasteiger partial charge in [-0.15, -0.1) is 0 Å². The topological polar surface area (TPSA) is 108 Å². The summed E-state index contributed by atoms with van der Waals surface area (Å²) in [6.07, 6.45) is 1.71. The van der Waals surface area contributed by atoms with E-state index < -0.39 is 24.6 Å². The van der Waals surface area contributed by atoms with Crippen molar-refractivity contribution >= 4 is 12.0 Å². The number of ether oxygens (including phenoxy) is 1. The Balaban J connectivity index is 2.34. The van der Waals surface area contributed by atoms with Crippen molar-refractivity contribution in [2.24, 2.45) is 5.41 Å². The molecule has 1 rings (SSSR count). The van der Waals surface area contributed by atoms with E-state index in [4.69, 9.17) is 14.9 Å². The highest BCUT2D eigenvalue weighted by Gasteiger charge is 2.28. The van der Waals surface area contributed by atoms with Gasteiger partial charge in [-0.05, 0) is 18.3 Å². The number of hydrogen-bond acceptors (Lipinski definition) is 4. The maximum atomic E-state index is 11.5. The number of carbonyl (C=O) groups excluding carboxylic acids is 1. The maximum absolute atomic E-state index is 11.5. The molecular weight excluding hydrogens is 240 g/mol. The third-order valence-electron chi connectivity index (χ3n) is 3.16. The first-order valence-electron chi connectivity index (χ1n) is 5.93. The fourth-order valence-corrected chi connectivity index (χ4v) is 1.73. The normalized spacial score (nSPS) is 19.9. The Hall–Kier alpha value is -1.34. The lowest BCUT2D eigenvalue weighted by molar-refractivity contribution is -0.140. The van der Waals surface area contributed by atoms with Crippen molar-refractivity contribution in [3.63, 3.8) is 0 Å². The smallest absolute Gasteiger partial charge is 0.328 e. The molecule has 0 radical (unpaired) electrons. The predicted molar refractivity (Wildman–Crippen MR) is 63.2 cm³/mol. The molecule has 1 saturated heterocycles. The van der Waals surface area contributed by atoms with Crippen LogP contribution in [0.1, 0.15) is 19.8 Å². The minimum atomic E-state index is -1.27. The molecule has 104 valence electrons. The molecule has 7 heteroatoms. The molecule has 18 heavy (non-hydrogen) atoms. The fourth-order valence-electron chi connectivity index (χ4n) is 1.73. The maximum Gasteiger partial charge on any atom is 0.328 e. The molecule has 2 amide bonds. The minimum absolute atomic E-state index is 0.0203. The monoisotopic (exact) mass is 260 g/mol. The number of rotatable bonds is 5. The van der Waals surface area contributed by atoms with Crippen molar-refractivity contribution in [1.29, 1.82) is 0 Å². The van der Waals surface area contributed by atoms with Crippen molar-refractivity contribution in [1.82, 2.24) is 10.6 Å². The van der Waals surface area contributed by atoms with E-state index in [0.29, 0.717) is 19.8 Å². The molecular formula is C11H20N2O5. The molecule has 0 saturated carbocycles. The van der Waals surface area contributed by atoms with E-state index in [2.05, 4.69) is 17.6 Å². The summed E-state index contributed by atoms with van der Waals surface area (Å²) in [5, 5.41) is 22.3. The Morgan fingerprint density at radius 3 is 2.50 bits per heavy atom. The number of carboxylic acid groups (broad SMARTS) is 1. The molecule has 0 spiro atoms. The van der Waals surface area contributed by atoms with Crippen LogP contribution in [0.3, 0.4) is 0 Å². The van der Waals surface area contributed by atoms with E-state index >= 15 is 0 Å². The highest BCUT2D eigenvalue weighted by Crippen LogP contribution is 2.28. The van der Waals surface area contributed by atoms with Gasteiger partial charge in [0.15, 0.2) is 6.04 Å². The Bertz CT molecular complexity index is 302. The van der Waals surface area contributed by atoms with Gasteiger partial charge in [-0.25, -0.2) is 9.59 Å². The van der Waals surface area contributed by atoms with E-state index in [1.165, 1.54) is 0 Å². The highest BCUT2D eigenvalue weighted by atomic mass is 16.5. The lowest BCUT2D eigenvalue weighted by Crippen LogP contribution is -2.50. The Morgan fingerprint density at radius 2 is 2.00 bits per heavy atom. The van der Waals surface area contributed by atoms with Crippen LogP contribution < -0.4 is 10.6 Å². The number of carboxylic acids is 1. The first-order valence-corrected chi connectivity index (χ1v) is 5.93. The number of amides is 2. The summed E-state index contributed by atoms with van der Waals surface area (Å²) in [6, 6.07) is -1.85. The number of nitrogens with one attached hydrogen (secondary N) is 2. The van der Waals surface area contributed by atoms with Crippen LogP contribution in [-0.2, 0) is 9.53 Å². The van der Waals surface area contributed by atoms with E-state index in [0.717, 1.165) is 12.8 Å². The third-order valence-corrected chi connectivity index (χ3v) is 3.16. The average molecular weight is 260 g/mol. The molecule has 7 nitrogen and oxygen atoms in total. The van der Waals surface area contributed by atoms with Gasteiger partial charge in [-0.3, -0.25) is 0 Å². The third kappa shape index (κ3) is 4.50. The van der Waals surface area contributed by atoms with Gasteiger partial charge in [0.05, 0.1) is 6.61 Å². The van der Waals surface area contributed by atoms with Gasteiger partial charge in [0.2, 0.25) is 0 Å². The predicted octanol–water partition coefficient (Wildman–Crippen LogP) is -0.452. The van der Waals surface area contributed by atoms with Gasteiger partial charge in [-0.2, -0.15) is 0 Å². The van der Waals surface area contributed by atoms with Crippen molar-refractivity contribution in [2.45, 2.75) is 25.8 Å². The summed E-state index contributed by atoms with van der Waals surface area (Å²) in [5.41, 5.74) is -0.0203. The number of aliphatic hydroxyl groups excluding tert-OH is 1. The molecule has 1 aliphatic rings. The summed E-state index contributed by atoms with van der Waals surface area (Å²) >= 11 is 0. The number of urea groups is 1. The number of hydrogen-bond donors (Lipinski definition) is 4. The summed E-state index contributed by atoms with van der Waals surface area (Å²) < 4.78 is 5.25. The zero-order valence-corrected chi connectivity index (χ0v) is 10.4. The molecule has 0 aromatic heterocycles. The molecule has 1 aliphatic heterocycles. The van der Waals surface area contributed by atoms with Crippen LogP contribution in [0.25, 0.3) is 0 Å². The van der Waals surface area contributed by atoms with E-state index in [1.807, 2.05) is 0 Å². The van der Waals surface area contributed by atoms with Gasteiger partial charge in [0, 0.05) is 19.8 Å². The summed E-state index contributed by atoms with van der Waals surface area (Å²) in [5.74, 6) is -1.26. The van der Waals surface area contributed by atoms with Crippen LogP contribution in [0.5, 0.6) is 0 Å². The van der Waals surface area contributed by atoms with Crippen LogP contribution in [0.4, 0.5) is 4.79 Å². The van der Waals surface area contributed by atoms with Gasteiger partial charge >= 0.3 is 12.0 Å². The molecule has 1 unspecified atom stereocenters. The number of carbonyl (C=O) groups is 2. The van der Waals surface area contributed by atoms with E-state index in [9.17, 15) is 9.59 Å². The van der Waals surface area contributed by atoms with Gasteiger partial charge in [0.1, 0.15) is 0 Å². The molecule has 0 aliphatic carbocycles. The average Bonchev–Trinajstić information content (AvgIpc) is 2.34. The SMILES string of the molecule is CC1(CNC(=O)NC(CO)C(=O)O)CCOCC1. The van der Waals surface area contributed by atoms with Crippen LogP contribution in [0.15, 0.2) is 0 Å². The van der Waals surface area contributed by atoms with Crippen LogP contribution in [-0.4, -0.2) is 54.6 Å². The van der Waals surface area contributed by atoms with Crippen molar-refractivity contribution < 1.29 is 24.5 Å². The Morgan fingerprint density at radius 1 is 1.39 bits per heavy atom. The van der Waals surface area contributed by atoms with Crippen molar-refractivity contribution in [2.75, 3.05) is 26.4 Å². The lowest BCUT2D eigenvalue weighted by atomic mass is 9.82. The number of aliphatic hydroxyl groups is 1. The molecule has 4 N–H and O–H groups in total. The van der Waals surface area contributed by atoms with Crippen LogP contribution in [0, 0.1) is 5.41 Å². The van der Waals surface area contributed by atoms with Gasteiger partial charge < -0.3 is 25.6 Å². The molecule has 1 heterocycles. The van der Waals surface area contributed by atoms with Crippen LogP contribution >= 0.6 is 0 Å². The lowest BCUT2D eigenvalue weighted by Gasteiger charge is -2.33. The van der Waals surface area contributed by atoms with Gasteiger partial charge in [0.25, 0.3) is 0 Å². The second kappa shape index (κ2) is 6.55. The fraction of sp³-hybridized carbons (Fsp3) is 0.818. The Labute approximate surface area is 106 Å². The van der Waals surface area contributed by atoms with E-state index in [-0.39, 0.29) is 5.41 Å². The number of aliphatic carboxylic acids is 1. The zero-order chi connectivity index (χ0) is 13.6. The first-order chi connectivity index (χ1) is 8.47. The van der Waals surface area contributed by atoms with E-state index in [1.54, 1.807) is 0 Å². The van der Waals surface area contributed by atoms with Crippen LogP contribution in [0.2, 0.25) is 0 Å². The molecule has 0 aromatic rings. The molecule has 0 aromatic carbocycles. The molecule has 1 atom stereocenters. The highest BCUT2D eigenvalue weighted by molar-refractivity contribution is 5.82. The summed E-state index contributed by atoms with van der Waals surface area (Å²) in [6.45, 7) is 3.23. The second-order valence-electron chi connectivity index (χ2n) is 4.82.